The van der Waals surface area contributed by atoms with Crippen LogP contribution < -0.4 is 16.0 Å². The second-order valence-corrected chi connectivity index (χ2v) is 7.61. The average molecular weight is 427 g/mol. The van der Waals surface area contributed by atoms with E-state index in [4.69, 9.17) is 4.74 Å². The summed E-state index contributed by atoms with van der Waals surface area (Å²) in [7, 11) is 1.66. The standard InChI is InChI=1S/C23H30N4O4/c1-27(20(16-28)14-17-6-3-2-4-7-17)23(30)26-19-11-9-18(10-12-19)25-22(29)24-15-21-8-5-13-31-21/h2-4,6-7,9-12,20-21,28H,5,8,13-16H2,1H3,(H,26,30)(H2,24,25,29). The van der Waals surface area contributed by atoms with Crippen LogP contribution in [0, 0.1) is 0 Å². The van der Waals surface area contributed by atoms with Crippen molar-refractivity contribution in [3.63, 3.8) is 0 Å². The first-order valence-electron chi connectivity index (χ1n) is 10.5. The first-order chi connectivity index (χ1) is 15.0. The van der Waals surface area contributed by atoms with Gasteiger partial charge in [-0.05, 0) is 49.1 Å². The largest absolute Gasteiger partial charge is 0.394 e. The Hall–Kier alpha value is -3.10. The van der Waals surface area contributed by atoms with Gasteiger partial charge in [0.05, 0.1) is 18.8 Å². The summed E-state index contributed by atoms with van der Waals surface area (Å²) in [6.45, 7) is 1.10. The number of amides is 4. The highest BCUT2D eigenvalue weighted by molar-refractivity contribution is 5.91. The van der Waals surface area contributed by atoms with Crippen molar-refractivity contribution in [2.24, 2.45) is 0 Å². The quantitative estimate of drug-likeness (QED) is 0.521. The number of nitrogens with one attached hydrogen (secondary N) is 3. The Morgan fingerprint density at radius 1 is 1.10 bits per heavy atom. The highest BCUT2D eigenvalue weighted by atomic mass is 16.5. The number of aliphatic hydroxyl groups is 1. The van der Waals surface area contributed by atoms with Gasteiger partial charge in [-0.1, -0.05) is 30.3 Å². The third-order valence-corrected chi connectivity index (χ3v) is 5.30. The Balaban J connectivity index is 1.47. The number of aliphatic hydroxyl groups excluding tert-OH is 1. The van der Waals surface area contributed by atoms with Gasteiger partial charge < -0.3 is 30.7 Å². The molecule has 1 fully saturated rings. The Kier molecular flexibility index (Phi) is 8.26. The number of ether oxygens (including phenoxy) is 1. The lowest BCUT2D eigenvalue weighted by Crippen LogP contribution is -2.43. The van der Waals surface area contributed by atoms with Gasteiger partial charge >= 0.3 is 12.1 Å². The molecule has 4 amide bonds. The van der Waals surface area contributed by atoms with Crippen LogP contribution in [0.25, 0.3) is 0 Å². The summed E-state index contributed by atoms with van der Waals surface area (Å²) in [6.07, 6.45) is 2.64. The fourth-order valence-electron chi connectivity index (χ4n) is 3.41. The molecule has 2 aromatic rings. The summed E-state index contributed by atoms with van der Waals surface area (Å²) in [5, 5.41) is 18.1. The van der Waals surface area contributed by atoms with E-state index in [-0.39, 0.29) is 30.8 Å². The lowest BCUT2D eigenvalue weighted by Gasteiger charge is -2.27. The third-order valence-electron chi connectivity index (χ3n) is 5.30. The fraction of sp³-hybridized carbons (Fsp3) is 0.391. The average Bonchev–Trinajstić information content (AvgIpc) is 3.31. The summed E-state index contributed by atoms with van der Waals surface area (Å²) in [5.41, 5.74) is 2.27. The van der Waals surface area contributed by atoms with E-state index in [1.165, 1.54) is 4.90 Å². The van der Waals surface area contributed by atoms with Gasteiger partial charge in [0, 0.05) is 31.6 Å². The molecule has 1 heterocycles. The molecule has 0 aromatic heterocycles. The predicted molar refractivity (Wildman–Crippen MR) is 120 cm³/mol. The minimum Gasteiger partial charge on any atom is -0.394 e. The van der Waals surface area contributed by atoms with E-state index >= 15 is 0 Å². The molecule has 1 aliphatic rings. The van der Waals surface area contributed by atoms with Crippen molar-refractivity contribution >= 4 is 23.4 Å². The van der Waals surface area contributed by atoms with Crippen molar-refractivity contribution < 1.29 is 19.4 Å². The molecule has 0 radical (unpaired) electrons. The molecule has 8 nitrogen and oxygen atoms in total. The number of carbonyl (C=O) groups excluding carboxylic acids is 2. The van der Waals surface area contributed by atoms with Gasteiger partial charge in [0.15, 0.2) is 0 Å². The van der Waals surface area contributed by atoms with Crippen molar-refractivity contribution in [1.82, 2.24) is 10.2 Å². The van der Waals surface area contributed by atoms with Crippen molar-refractivity contribution in [1.29, 1.82) is 0 Å². The zero-order valence-electron chi connectivity index (χ0n) is 17.7. The number of benzene rings is 2. The number of nitrogens with zero attached hydrogens (tertiary/aromatic N) is 1. The second kappa shape index (κ2) is 11.3. The number of likely N-dealkylation sites (N-methyl/N-ethyl adjacent to an activating group) is 1. The van der Waals surface area contributed by atoms with E-state index in [1.54, 1.807) is 31.3 Å². The minimum absolute atomic E-state index is 0.0879. The zero-order chi connectivity index (χ0) is 22.1. The van der Waals surface area contributed by atoms with Crippen LogP contribution in [0.1, 0.15) is 18.4 Å². The molecule has 1 aliphatic heterocycles. The molecule has 2 unspecified atom stereocenters. The molecule has 3 rings (SSSR count). The Morgan fingerprint density at radius 2 is 1.77 bits per heavy atom. The van der Waals surface area contributed by atoms with Gasteiger partial charge in [0.25, 0.3) is 0 Å². The highest BCUT2D eigenvalue weighted by Gasteiger charge is 2.20. The minimum atomic E-state index is -0.337. The van der Waals surface area contributed by atoms with Crippen LogP contribution in [0.3, 0.4) is 0 Å². The predicted octanol–water partition coefficient (Wildman–Crippen LogP) is 3.05. The van der Waals surface area contributed by atoms with Gasteiger partial charge in [0.1, 0.15) is 0 Å². The highest BCUT2D eigenvalue weighted by Crippen LogP contribution is 2.16. The first-order valence-corrected chi connectivity index (χ1v) is 10.5. The second-order valence-electron chi connectivity index (χ2n) is 7.61. The molecule has 2 atom stereocenters. The maximum Gasteiger partial charge on any atom is 0.321 e. The van der Waals surface area contributed by atoms with Crippen molar-refractivity contribution in [3.8, 4) is 0 Å². The SMILES string of the molecule is CN(C(=O)Nc1ccc(NC(=O)NCC2CCCO2)cc1)C(CO)Cc1ccccc1. The third kappa shape index (κ3) is 6.97. The van der Waals surface area contributed by atoms with Gasteiger partial charge in [-0.2, -0.15) is 0 Å². The van der Waals surface area contributed by atoms with Crippen molar-refractivity contribution in [2.45, 2.75) is 31.4 Å². The van der Waals surface area contributed by atoms with Gasteiger partial charge in [-0.15, -0.1) is 0 Å². The van der Waals surface area contributed by atoms with E-state index in [2.05, 4.69) is 16.0 Å². The topological polar surface area (TPSA) is 103 Å². The molecule has 166 valence electrons. The van der Waals surface area contributed by atoms with Gasteiger partial charge in [-0.3, -0.25) is 0 Å². The first kappa shape index (κ1) is 22.6. The number of anilines is 2. The van der Waals surface area contributed by atoms with Crippen LogP contribution in [-0.2, 0) is 11.2 Å². The lowest BCUT2D eigenvalue weighted by atomic mass is 10.1. The van der Waals surface area contributed by atoms with E-state index in [9.17, 15) is 14.7 Å². The van der Waals surface area contributed by atoms with E-state index in [0.717, 1.165) is 25.0 Å². The number of urea groups is 2. The lowest BCUT2D eigenvalue weighted by molar-refractivity contribution is 0.112. The fourth-order valence-corrected chi connectivity index (χ4v) is 3.41. The van der Waals surface area contributed by atoms with Crippen LogP contribution >= 0.6 is 0 Å². The molecule has 2 aromatic carbocycles. The van der Waals surface area contributed by atoms with Gasteiger partial charge in [-0.25, -0.2) is 9.59 Å². The molecular weight excluding hydrogens is 396 g/mol. The number of hydrogen-bond donors (Lipinski definition) is 4. The summed E-state index contributed by atoms with van der Waals surface area (Å²) in [4.78, 5) is 26.1. The number of hydrogen-bond acceptors (Lipinski definition) is 4. The molecule has 4 N–H and O–H groups in total. The molecule has 8 heteroatoms. The monoisotopic (exact) mass is 426 g/mol. The molecular formula is C23H30N4O4. The van der Waals surface area contributed by atoms with Crippen LogP contribution in [-0.4, -0.2) is 61.0 Å². The van der Waals surface area contributed by atoms with Crippen LogP contribution in [0.4, 0.5) is 21.0 Å². The number of carbonyl (C=O) groups is 2. The summed E-state index contributed by atoms with van der Waals surface area (Å²) in [6, 6.07) is 15.7. The Labute approximate surface area is 182 Å². The Morgan fingerprint density at radius 3 is 2.39 bits per heavy atom. The van der Waals surface area contributed by atoms with Crippen LogP contribution in [0.2, 0.25) is 0 Å². The Bertz CT molecular complexity index is 838. The van der Waals surface area contributed by atoms with Crippen molar-refractivity contribution in [2.75, 3.05) is 37.4 Å². The van der Waals surface area contributed by atoms with Crippen LogP contribution in [0.15, 0.2) is 54.6 Å². The number of rotatable bonds is 8. The van der Waals surface area contributed by atoms with Crippen molar-refractivity contribution in [3.05, 3.63) is 60.2 Å². The summed E-state index contributed by atoms with van der Waals surface area (Å²) in [5.74, 6) is 0. The summed E-state index contributed by atoms with van der Waals surface area (Å²) >= 11 is 0. The smallest absolute Gasteiger partial charge is 0.321 e. The van der Waals surface area contributed by atoms with E-state index in [0.29, 0.717) is 24.3 Å². The molecule has 0 spiro atoms. The zero-order valence-corrected chi connectivity index (χ0v) is 17.7. The molecule has 0 bridgehead atoms. The maximum absolute atomic E-state index is 12.6. The van der Waals surface area contributed by atoms with E-state index < -0.39 is 0 Å². The molecule has 1 saturated heterocycles. The molecule has 31 heavy (non-hydrogen) atoms. The molecule has 0 saturated carbocycles. The van der Waals surface area contributed by atoms with Gasteiger partial charge in [0.2, 0.25) is 0 Å². The van der Waals surface area contributed by atoms with Crippen LogP contribution in [0.5, 0.6) is 0 Å². The van der Waals surface area contributed by atoms with E-state index in [1.807, 2.05) is 30.3 Å². The maximum atomic E-state index is 12.6. The summed E-state index contributed by atoms with van der Waals surface area (Å²) < 4.78 is 5.48. The molecule has 0 aliphatic carbocycles. The normalized spacial score (nSPS) is 16.4.